The third kappa shape index (κ3) is 3.67. The van der Waals surface area contributed by atoms with E-state index in [0.717, 1.165) is 6.42 Å². The van der Waals surface area contributed by atoms with Gasteiger partial charge in [-0.15, -0.1) is 6.58 Å². The van der Waals surface area contributed by atoms with Crippen molar-refractivity contribution in [2.45, 2.75) is 32.3 Å². The summed E-state index contributed by atoms with van der Waals surface area (Å²) in [7, 11) is -3.42. The molecule has 1 aliphatic rings. The van der Waals surface area contributed by atoms with E-state index in [9.17, 15) is 9.36 Å². The van der Waals surface area contributed by atoms with E-state index in [1.807, 2.05) is 0 Å². The van der Waals surface area contributed by atoms with Crippen LogP contribution in [0.25, 0.3) is 0 Å². The first kappa shape index (κ1) is 15.4. The van der Waals surface area contributed by atoms with Crippen LogP contribution in [0.2, 0.25) is 0 Å². The first-order chi connectivity index (χ1) is 8.57. The molecule has 0 aromatic heterocycles. The largest absolute Gasteiger partial charge is 0.465 e. The topological polar surface area (TPSA) is 61.8 Å². The Hall–Kier alpha value is -0.640. The molecule has 18 heavy (non-hydrogen) atoms. The zero-order valence-corrected chi connectivity index (χ0v) is 11.9. The van der Waals surface area contributed by atoms with Gasteiger partial charge in [-0.25, -0.2) is 0 Å². The first-order valence-electron chi connectivity index (χ1n) is 6.23. The zero-order chi connectivity index (χ0) is 13.6. The summed E-state index contributed by atoms with van der Waals surface area (Å²) < 4.78 is 28.1. The van der Waals surface area contributed by atoms with Gasteiger partial charge < -0.3 is 13.8 Å². The van der Waals surface area contributed by atoms with Crippen molar-refractivity contribution in [1.29, 1.82) is 0 Å². The maximum Gasteiger partial charge on any atom is 0.344 e. The lowest BCUT2D eigenvalue weighted by Crippen LogP contribution is -2.35. The second kappa shape index (κ2) is 7.07. The van der Waals surface area contributed by atoms with Gasteiger partial charge in [-0.05, 0) is 32.6 Å². The molecule has 0 aromatic rings. The Balaban J connectivity index is 2.83. The van der Waals surface area contributed by atoms with Crippen LogP contribution in [0.15, 0.2) is 12.7 Å². The lowest BCUT2D eigenvalue weighted by Gasteiger charge is -2.31. The molecular formula is C12H21O5P. The van der Waals surface area contributed by atoms with E-state index < -0.39 is 19.2 Å². The highest BCUT2D eigenvalue weighted by atomic mass is 31.2. The van der Waals surface area contributed by atoms with E-state index >= 15 is 0 Å². The Morgan fingerprint density at radius 1 is 1.44 bits per heavy atom. The lowest BCUT2D eigenvalue weighted by atomic mass is 9.98. The Morgan fingerprint density at radius 3 is 2.56 bits per heavy atom. The number of hydrogen-bond donors (Lipinski definition) is 0. The summed E-state index contributed by atoms with van der Waals surface area (Å²) in [6.45, 7) is 7.94. The summed E-state index contributed by atoms with van der Waals surface area (Å²) in [6, 6.07) is 0. The van der Waals surface area contributed by atoms with E-state index in [4.69, 9.17) is 13.8 Å². The molecule has 5 nitrogen and oxygen atoms in total. The summed E-state index contributed by atoms with van der Waals surface area (Å²) in [6.07, 6.45) is 2.96. The van der Waals surface area contributed by atoms with Crippen molar-refractivity contribution in [3.8, 4) is 0 Å². The quantitative estimate of drug-likeness (QED) is 0.406. The fourth-order valence-electron chi connectivity index (χ4n) is 2.01. The lowest BCUT2D eigenvalue weighted by molar-refractivity contribution is -0.149. The van der Waals surface area contributed by atoms with Crippen LogP contribution in [0.1, 0.15) is 26.7 Å². The third-order valence-electron chi connectivity index (χ3n) is 2.79. The summed E-state index contributed by atoms with van der Waals surface area (Å²) in [5.41, 5.74) is -0.809. The van der Waals surface area contributed by atoms with Gasteiger partial charge in [0, 0.05) is 0 Å². The third-order valence-corrected chi connectivity index (χ3v) is 5.21. The van der Waals surface area contributed by atoms with Gasteiger partial charge in [0.15, 0.2) is 5.66 Å². The fraction of sp³-hybridized carbons (Fsp3) is 0.750. The number of rotatable bonds is 7. The average Bonchev–Trinajstić information content (AvgIpc) is 2.32. The molecule has 0 amide bonds. The number of ether oxygens (including phenoxy) is 1. The normalized spacial score (nSPS) is 24.7. The molecule has 0 N–H and O–H groups in total. The maximum atomic E-state index is 12.6. The van der Waals surface area contributed by atoms with Crippen LogP contribution in [0.3, 0.4) is 0 Å². The van der Waals surface area contributed by atoms with Gasteiger partial charge in [0.05, 0.1) is 19.8 Å². The molecule has 0 aromatic carbocycles. The Kier molecular flexibility index (Phi) is 6.06. The van der Waals surface area contributed by atoms with Crippen LogP contribution in [-0.2, 0) is 23.1 Å². The highest BCUT2D eigenvalue weighted by Gasteiger charge is 2.45. The summed E-state index contributed by atoms with van der Waals surface area (Å²) in [4.78, 5) is 11.8. The summed E-state index contributed by atoms with van der Waals surface area (Å²) in [5, 5.41) is 0. The van der Waals surface area contributed by atoms with Gasteiger partial charge >= 0.3 is 13.6 Å². The molecule has 0 aliphatic carbocycles. The van der Waals surface area contributed by atoms with Crippen LogP contribution in [0, 0.1) is 5.92 Å². The molecule has 1 fully saturated rings. The van der Waals surface area contributed by atoms with Gasteiger partial charge in [-0.3, -0.25) is 9.36 Å². The van der Waals surface area contributed by atoms with Crippen LogP contribution in [0.4, 0.5) is 0 Å². The SMILES string of the molecule is C=CC[C@@H]1COC(=O)C(P(=O)(OCC)OCC)C1. The Morgan fingerprint density at radius 2 is 2.06 bits per heavy atom. The Bertz CT molecular complexity index is 331. The van der Waals surface area contributed by atoms with Gasteiger partial charge in [0.1, 0.15) is 0 Å². The fourth-order valence-corrected chi connectivity index (χ4v) is 4.05. The van der Waals surface area contributed by atoms with E-state index in [1.165, 1.54) is 0 Å². The first-order valence-corrected chi connectivity index (χ1v) is 7.84. The van der Waals surface area contributed by atoms with E-state index in [0.29, 0.717) is 13.0 Å². The van der Waals surface area contributed by atoms with Crippen LogP contribution >= 0.6 is 7.60 Å². The highest BCUT2D eigenvalue weighted by Crippen LogP contribution is 2.56. The second-order valence-corrected chi connectivity index (χ2v) is 6.37. The van der Waals surface area contributed by atoms with E-state index in [-0.39, 0.29) is 19.1 Å². The molecular weight excluding hydrogens is 255 g/mol. The number of allylic oxidation sites excluding steroid dienone is 1. The molecule has 0 spiro atoms. The van der Waals surface area contributed by atoms with Crippen molar-refractivity contribution in [1.82, 2.24) is 0 Å². The molecule has 104 valence electrons. The average molecular weight is 276 g/mol. The van der Waals surface area contributed by atoms with Gasteiger partial charge in [-0.1, -0.05) is 6.08 Å². The minimum atomic E-state index is -3.42. The van der Waals surface area contributed by atoms with Crippen molar-refractivity contribution in [2.24, 2.45) is 5.92 Å². The maximum absolute atomic E-state index is 12.6. The van der Waals surface area contributed by atoms with E-state index in [2.05, 4.69) is 6.58 Å². The second-order valence-electron chi connectivity index (χ2n) is 4.15. The van der Waals surface area contributed by atoms with Gasteiger partial charge in [0.25, 0.3) is 0 Å². The smallest absolute Gasteiger partial charge is 0.344 e. The van der Waals surface area contributed by atoms with Crippen molar-refractivity contribution in [2.75, 3.05) is 19.8 Å². The summed E-state index contributed by atoms with van der Waals surface area (Å²) in [5.74, 6) is -0.347. The molecule has 2 atom stereocenters. The molecule has 0 radical (unpaired) electrons. The van der Waals surface area contributed by atoms with Gasteiger partial charge in [0.2, 0.25) is 0 Å². The van der Waals surface area contributed by atoms with Crippen molar-refractivity contribution < 1.29 is 23.1 Å². The number of cyclic esters (lactones) is 1. The Labute approximate surface area is 108 Å². The molecule has 6 heteroatoms. The van der Waals surface area contributed by atoms with Crippen molar-refractivity contribution in [3.05, 3.63) is 12.7 Å². The molecule has 1 heterocycles. The predicted molar refractivity (Wildman–Crippen MR) is 68.5 cm³/mol. The molecule has 0 saturated carbocycles. The molecule has 1 rings (SSSR count). The number of carbonyl (C=O) groups is 1. The standard InChI is InChI=1S/C12H21O5P/c1-4-7-10-8-11(12(13)15-9-10)18(14,16-5-2)17-6-3/h4,10-11H,1,5-9H2,2-3H3/t10-,11?/m0/s1. The molecule has 1 saturated heterocycles. The van der Waals surface area contributed by atoms with Crippen LogP contribution in [0.5, 0.6) is 0 Å². The van der Waals surface area contributed by atoms with Crippen molar-refractivity contribution >= 4 is 13.6 Å². The minimum absolute atomic E-state index is 0.138. The molecule has 1 aliphatic heterocycles. The molecule has 1 unspecified atom stereocenters. The van der Waals surface area contributed by atoms with Crippen LogP contribution < -0.4 is 0 Å². The van der Waals surface area contributed by atoms with E-state index in [1.54, 1.807) is 19.9 Å². The number of esters is 1. The van der Waals surface area contributed by atoms with Crippen molar-refractivity contribution in [3.63, 3.8) is 0 Å². The predicted octanol–water partition coefficient (Wildman–Crippen LogP) is 2.76. The number of hydrogen-bond acceptors (Lipinski definition) is 5. The number of carbonyl (C=O) groups excluding carboxylic acids is 1. The van der Waals surface area contributed by atoms with Crippen LogP contribution in [-0.4, -0.2) is 31.4 Å². The molecule has 0 bridgehead atoms. The minimum Gasteiger partial charge on any atom is -0.465 e. The van der Waals surface area contributed by atoms with Gasteiger partial charge in [-0.2, -0.15) is 0 Å². The monoisotopic (exact) mass is 276 g/mol. The highest BCUT2D eigenvalue weighted by molar-refractivity contribution is 7.55. The summed E-state index contributed by atoms with van der Waals surface area (Å²) >= 11 is 0. The zero-order valence-electron chi connectivity index (χ0n) is 11.0.